The van der Waals surface area contributed by atoms with Crippen LogP contribution in [-0.4, -0.2) is 52.4 Å². The van der Waals surface area contributed by atoms with Crippen LogP contribution in [0.15, 0.2) is 6.33 Å². The van der Waals surface area contributed by atoms with Crippen molar-refractivity contribution in [3.8, 4) is 0 Å². The number of nitrogens with two attached hydrogens (primary N) is 1. The standard InChI is InChI=1S/C22H31N7O4/c23-17(30)10-24-21(31)16-2-1-3-28(16)20-18(29(32)33)19(26-12-27-20)25-11-22-7-13-4-14(8-22)6-15(5-13)9-22/h12-16H,1-11H2,(H2,23,30)(H,24,31)(H,25,26,27). The SMILES string of the molecule is NC(=O)CNC(=O)C1CCCN1c1ncnc(NCC23CC4CC(CC(C4)C2)C3)c1[N+](=O)[O-]. The maximum absolute atomic E-state index is 12.6. The molecule has 0 radical (unpaired) electrons. The van der Waals surface area contributed by atoms with Gasteiger partial charge in [-0.2, -0.15) is 0 Å². The number of carbonyl (C=O) groups is 2. The highest BCUT2D eigenvalue weighted by atomic mass is 16.6. The second-order valence-corrected chi connectivity index (χ2v) is 10.5. The third-order valence-corrected chi connectivity index (χ3v) is 8.05. The summed E-state index contributed by atoms with van der Waals surface area (Å²) in [4.78, 5) is 45.4. The Kier molecular flexibility index (Phi) is 5.57. The third-order valence-electron chi connectivity index (χ3n) is 8.05. The first-order valence-corrected chi connectivity index (χ1v) is 11.9. The van der Waals surface area contributed by atoms with E-state index in [1.165, 1.54) is 44.9 Å². The van der Waals surface area contributed by atoms with Crippen LogP contribution in [0, 0.1) is 33.3 Å². The molecule has 4 N–H and O–H groups in total. The van der Waals surface area contributed by atoms with E-state index in [0.29, 0.717) is 25.9 Å². The molecule has 5 aliphatic rings. The van der Waals surface area contributed by atoms with Gasteiger partial charge in [0.1, 0.15) is 12.4 Å². The highest BCUT2D eigenvalue weighted by Gasteiger charge is 2.51. The number of rotatable bonds is 8. The first-order chi connectivity index (χ1) is 15.8. The van der Waals surface area contributed by atoms with Crippen LogP contribution in [0.25, 0.3) is 0 Å². The van der Waals surface area contributed by atoms with E-state index in [0.717, 1.165) is 17.8 Å². The minimum Gasteiger partial charge on any atom is -0.368 e. The Morgan fingerprint density at radius 1 is 1.18 bits per heavy atom. The van der Waals surface area contributed by atoms with Gasteiger partial charge in [0.05, 0.1) is 11.5 Å². The fraction of sp³-hybridized carbons (Fsp3) is 0.727. The number of nitrogens with zero attached hydrogens (tertiary/aromatic N) is 4. The molecule has 5 fully saturated rings. The third kappa shape index (κ3) is 4.20. The summed E-state index contributed by atoms with van der Waals surface area (Å²) in [6, 6.07) is -0.644. The molecule has 4 bridgehead atoms. The summed E-state index contributed by atoms with van der Waals surface area (Å²) in [6.45, 7) is 0.865. The van der Waals surface area contributed by atoms with Crippen molar-refractivity contribution in [1.29, 1.82) is 0 Å². The van der Waals surface area contributed by atoms with Gasteiger partial charge in [-0.05, 0) is 74.5 Å². The number of anilines is 2. The van der Waals surface area contributed by atoms with Crippen LogP contribution in [-0.2, 0) is 9.59 Å². The molecule has 4 saturated carbocycles. The molecular weight excluding hydrogens is 426 g/mol. The zero-order valence-corrected chi connectivity index (χ0v) is 18.7. The number of amides is 2. The Morgan fingerprint density at radius 2 is 1.85 bits per heavy atom. The lowest BCUT2D eigenvalue weighted by Crippen LogP contribution is -2.49. The van der Waals surface area contributed by atoms with Crippen molar-refractivity contribution in [3.63, 3.8) is 0 Å². The molecule has 11 nitrogen and oxygen atoms in total. The number of primary amides is 1. The largest absolute Gasteiger partial charge is 0.368 e. The molecule has 1 unspecified atom stereocenters. The quantitative estimate of drug-likeness (QED) is 0.392. The monoisotopic (exact) mass is 457 g/mol. The maximum Gasteiger partial charge on any atom is 0.353 e. The molecule has 1 aromatic heterocycles. The number of nitro groups is 1. The molecule has 178 valence electrons. The van der Waals surface area contributed by atoms with Crippen LogP contribution >= 0.6 is 0 Å². The normalized spacial score (nSPS) is 32.1. The minimum atomic E-state index is -0.644. The van der Waals surface area contributed by atoms with Crippen molar-refractivity contribution >= 4 is 29.1 Å². The minimum absolute atomic E-state index is 0.139. The molecule has 2 amide bonds. The van der Waals surface area contributed by atoms with E-state index in [1.54, 1.807) is 4.90 Å². The zero-order valence-electron chi connectivity index (χ0n) is 18.7. The number of aromatic nitrogens is 2. The van der Waals surface area contributed by atoms with Gasteiger partial charge in [0.2, 0.25) is 23.5 Å². The topological polar surface area (TPSA) is 156 Å². The van der Waals surface area contributed by atoms with Crippen molar-refractivity contribution < 1.29 is 14.5 Å². The Bertz CT molecular complexity index is 933. The van der Waals surface area contributed by atoms with Crippen LogP contribution in [0.3, 0.4) is 0 Å². The molecule has 33 heavy (non-hydrogen) atoms. The lowest BCUT2D eigenvalue weighted by Gasteiger charge is -2.56. The lowest BCUT2D eigenvalue weighted by atomic mass is 9.49. The van der Waals surface area contributed by atoms with Crippen molar-refractivity contribution in [3.05, 3.63) is 16.4 Å². The predicted octanol–water partition coefficient (Wildman–Crippen LogP) is 1.58. The fourth-order valence-corrected chi connectivity index (χ4v) is 7.24. The van der Waals surface area contributed by atoms with Gasteiger partial charge < -0.3 is 21.3 Å². The van der Waals surface area contributed by atoms with E-state index in [4.69, 9.17) is 5.73 Å². The molecule has 2 heterocycles. The van der Waals surface area contributed by atoms with Gasteiger partial charge >= 0.3 is 5.69 Å². The molecule has 0 spiro atoms. The first kappa shape index (κ1) is 21.8. The molecule has 1 saturated heterocycles. The Balaban J connectivity index is 1.36. The smallest absolute Gasteiger partial charge is 0.353 e. The average molecular weight is 458 g/mol. The molecule has 1 aromatic rings. The Hall–Kier alpha value is -2.98. The van der Waals surface area contributed by atoms with Gasteiger partial charge in [0.15, 0.2) is 0 Å². The first-order valence-electron chi connectivity index (χ1n) is 11.9. The maximum atomic E-state index is 12.6. The van der Waals surface area contributed by atoms with Crippen LogP contribution in [0.4, 0.5) is 17.3 Å². The van der Waals surface area contributed by atoms with E-state index < -0.39 is 16.9 Å². The van der Waals surface area contributed by atoms with Gasteiger partial charge in [-0.1, -0.05) is 0 Å². The fourth-order valence-electron chi connectivity index (χ4n) is 7.24. The summed E-state index contributed by atoms with van der Waals surface area (Å²) in [5.41, 5.74) is 5.12. The molecular formula is C22H31N7O4. The van der Waals surface area contributed by atoms with Crippen molar-refractivity contribution in [2.75, 3.05) is 29.9 Å². The second kappa shape index (κ2) is 8.42. The second-order valence-electron chi connectivity index (χ2n) is 10.5. The van der Waals surface area contributed by atoms with Gasteiger partial charge in [0, 0.05) is 13.1 Å². The van der Waals surface area contributed by atoms with E-state index in [9.17, 15) is 19.7 Å². The summed E-state index contributed by atoms with van der Waals surface area (Å²) in [7, 11) is 0. The molecule has 6 rings (SSSR count). The van der Waals surface area contributed by atoms with Crippen LogP contribution in [0.2, 0.25) is 0 Å². The Morgan fingerprint density at radius 3 is 2.45 bits per heavy atom. The zero-order chi connectivity index (χ0) is 23.2. The summed E-state index contributed by atoms with van der Waals surface area (Å²) in [6.07, 6.45) is 10.1. The highest BCUT2D eigenvalue weighted by molar-refractivity contribution is 5.90. The summed E-state index contributed by atoms with van der Waals surface area (Å²) in [5, 5.41) is 17.9. The van der Waals surface area contributed by atoms with Crippen molar-refractivity contribution in [2.24, 2.45) is 28.9 Å². The van der Waals surface area contributed by atoms with Crippen LogP contribution in [0.5, 0.6) is 0 Å². The number of hydrogen-bond acceptors (Lipinski definition) is 8. The van der Waals surface area contributed by atoms with E-state index in [2.05, 4.69) is 20.6 Å². The summed E-state index contributed by atoms with van der Waals surface area (Å²) in [5.74, 6) is 1.69. The lowest BCUT2D eigenvalue weighted by molar-refractivity contribution is -0.383. The van der Waals surface area contributed by atoms with Crippen LogP contribution < -0.4 is 21.3 Å². The van der Waals surface area contributed by atoms with E-state index in [-0.39, 0.29) is 35.2 Å². The average Bonchev–Trinajstić information content (AvgIpc) is 3.24. The van der Waals surface area contributed by atoms with E-state index >= 15 is 0 Å². The van der Waals surface area contributed by atoms with E-state index in [1.807, 2.05) is 0 Å². The van der Waals surface area contributed by atoms with Gasteiger partial charge in [-0.25, -0.2) is 9.97 Å². The van der Waals surface area contributed by atoms with Gasteiger partial charge in [-0.3, -0.25) is 19.7 Å². The molecule has 4 aliphatic carbocycles. The molecule has 1 aliphatic heterocycles. The number of carbonyl (C=O) groups excluding carboxylic acids is 2. The predicted molar refractivity (Wildman–Crippen MR) is 120 cm³/mol. The Labute approximate surface area is 192 Å². The van der Waals surface area contributed by atoms with Crippen molar-refractivity contribution in [1.82, 2.24) is 15.3 Å². The molecule has 0 aromatic carbocycles. The van der Waals surface area contributed by atoms with Gasteiger partial charge in [0.25, 0.3) is 0 Å². The summed E-state index contributed by atoms with van der Waals surface area (Å²) < 4.78 is 0. The highest BCUT2D eigenvalue weighted by Crippen LogP contribution is 2.60. The van der Waals surface area contributed by atoms with Gasteiger partial charge in [-0.15, -0.1) is 0 Å². The molecule has 11 heteroatoms. The molecule has 1 atom stereocenters. The number of nitrogens with one attached hydrogen (secondary N) is 2. The van der Waals surface area contributed by atoms with Crippen molar-refractivity contribution in [2.45, 2.75) is 57.4 Å². The summed E-state index contributed by atoms with van der Waals surface area (Å²) >= 11 is 0. The van der Waals surface area contributed by atoms with Crippen LogP contribution in [0.1, 0.15) is 51.4 Å². The number of hydrogen-bond donors (Lipinski definition) is 3.